The molecule has 4 nitrogen and oxygen atoms in total. The van der Waals surface area contributed by atoms with Crippen LogP contribution in [0, 0.1) is 0 Å². The molecule has 0 bridgehead atoms. The molecular weight excluding hydrogens is 486 g/mol. The summed E-state index contributed by atoms with van der Waals surface area (Å²) < 4.78 is 57.1. The molecule has 1 saturated heterocycles. The van der Waals surface area contributed by atoms with Crippen LogP contribution in [0.25, 0.3) is 10.9 Å². The van der Waals surface area contributed by atoms with Gasteiger partial charge in [0.2, 0.25) is 10.0 Å². The standard InChI is InChI=1S/C23H23BrF2N2O2S/c1-2-21(16-5-3-6-17(24)13-16)31(29,30)28-14-19(23(25)26)22-18(7-4-8-20(22)28)15-9-11-27-12-10-15/h2-8,13-15,21,23,27H,1,9-12H2. The highest BCUT2D eigenvalue weighted by Gasteiger charge is 2.32. The van der Waals surface area contributed by atoms with E-state index in [1.165, 1.54) is 6.08 Å². The van der Waals surface area contributed by atoms with E-state index in [1.54, 1.807) is 36.4 Å². The van der Waals surface area contributed by atoms with Gasteiger partial charge in [0, 0.05) is 21.6 Å². The summed E-state index contributed by atoms with van der Waals surface area (Å²) in [5, 5.41) is 2.56. The quantitative estimate of drug-likeness (QED) is 0.420. The fourth-order valence-corrected chi connectivity index (χ4v) is 6.48. The molecule has 1 aliphatic rings. The van der Waals surface area contributed by atoms with Gasteiger partial charge in [-0.05, 0) is 61.2 Å². The first-order valence-electron chi connectivity index (χ1n) is 10.1. The molecule has 4 rings (SSSR count). The van der Waals surface area contributed by atoms with E-state index in [0.717, 1.165) is 46.1 Å². The average molecular weight is 509 g/mol. The third kappa shape index (κ3) is 4.08. The number of aromatic nitrogens is 1. The Hall–Kier alpha value is -2.03. The van der Waals surface area contributed by atoms with Crippen LogP contribution in [-0.4, -0.2) is 25.5 Å². The lowest BCUT2D eigenvalue weighted by molar-refractivity contribution is 0.153. The molecule has 1 N–H and O–H groups in total. The maximum Gasteiger partial charge on any atom is 0.265 e. The van der Waals surface area contributed by atoms with Crippen LogP contribution >= 0.6 is 15.9 Å². The predicted octanol–water partition coefficient (Wildman–Crippen LogP) is 5.91. The zero-order valence-corrected chi connectivity index (χ0v) is 19.2. The number of nitrogens with one attached hydrogen (secondary N) is 1. The Bertz CT molecular complexity index is 1220. The first kappa shape index (κ1) is 22.2. The number of alkyl halides is 2. The number of rotatable bonds is 6. The summed E-state index contributed by atoms with van der Waals surface area (Å²) in [4.78, 5) is 0. The maximum absolute atomic E-state index is 14.1. The molecule has 0 saturated carbocycles. The van der Waals surface area contributed by atoms with E-state index in [2.05, 4.69) is 27.8 Å². The Kier molecular flexibility index (Phi) is 6.32. The van der Waals surface area contributed by atoms with Gasteiger partial charge in [0.05, 0.1) is 5.52 Å². The van der Waals surface area contributed by atoms with Gasteiger partial charge in [-0.1, -0.05) is 46.3 Å². The lowest BCUT2D eigenvalue weighted by Crippen LogP contribution is -2.26. The van der Waals surface area contributed by atoms with Crippen LogP contribution in [0.1, 0.15) is 47.1 Å². The summed E-state index contributed by atoms with van der Waals surface area (Å²) >= 11 is 3.36. The van der Waals surface area contributed by atoms with Crippen molar-refractivity contribution in [3.63, 3.8) is 0 Å². The number of halogens is 3. The van der Waals surface area contributed by atoms with Gasteiger partial charge in [0.25, 0.3) is 6.43 Å². The Morgan fingerprint density at radius 2 is 1.87 bits per heavy atom. The van der Waals surface area contributed by atoms with Gasteiger partial charge in [-0.15, -0.1) is 6.58 Å². The van der Waals surface area contributed by atoms with E-state index < -0.39 is 21.7 Å². The van der Waals surface area contributed by atoms with Crippen LogP contribution in [0.3, 0.4) is 0 Å². The smallest absolute Gasteiger partial charge is 0.265 e. The first-order chi connectivity index (χ1) is 14.8. The number of hydrogen-bond acceptors (Lipinski definition) is 3. The van der Waals surface area contributed by atoms with E-state index >= 15 is 0 Å². The van der Waals surface area contributed by atoms with Crippen LogP contribution < -0.4 is 5.32 Å². The molecular formula is C23H23BrF2N2O2S. The summed E-state index contributed by atoms with van der Waals surface area (Å²) in [5.41, 5.74) is 1.35. The molecule has 1 aliphatic heterocycles. The summed E-state index contributed by atoms with van der Waals surface area (Å²) in [6.07, 6.45) is 1.29. The minimum absolute atomic E-state index is 0.112. The van der Waals surface area contributed by atoms with Crippen molar-refractivity contribution in [2.45, 2.75) is 30.4 Å². The summed E-state index contributed by atoms with van der Waals surface area (Å²) in [7, 11) is -4.08. The molecule has 2 aromatic carbocycles. The maximum atomic E-state index is 14.1. The number of nitrogens with zero attached hydrogens (tertiary/aromatic N) is 1. The molecule has 0 radical (unpaired) electrons. The van der Waals surface area contributed by atoms with Crippen molar-refractivity contribution in [2.75, 3.05) is 13.1 Å². The molecule has 8 heteroatoms. The molecule has 1 unspecified atom stereocenters. The van der Waals surface area contributed by atoms with E-state index in [0.29, 0.717) is 10.9 Å². The van der Waals surface area contributed by atoms with Crippen molar-refractivity contribution in [2.24, 2.45) is 0 Å². The minimum atomic E-state index is -4.08. The lowest BCUT2D eigenvalue weighted by Gasteiger charge is -2.24. The summed E-state index contributed by atoms with van der Waals surface area (Å²) in [6, 6.07) is 12.1. The summed E-state index contributed by atoms with van der Waals surface area (Å²) in [5.74, 6) is 0.112. The van der Waals surface area contributed by atoms with Crippen LogP contribution in [0.4, 0.5) is 8.78 Å². The van der Waals surface area contributed by atoms with Crippen molar-refractivity contribution in [3.8, 4) is 0 Å². The van der Waals surface area contributed by atoms with Gasteiger partial charge in [0.15, 0.2) is 0 Å². The highest BCUT2D eigenvalue weighted by atomic mass is 79.9. The van der Waals surface area contributed by atoms with Gasteiger partial charge >= 0.3 is 0 Å². The number of fused-ring (bicyclic) bond motifs is 1. The van der Waals surface area contributed by atoms with Crippen molar-refractivity contribution in [1.82, 2.24) is 9.29 Å². The van der Waals surface area contributed by atoms with Gasteiger partial charge in [-0.3, -0.25) is 0 Å². The third-order valence-electron chi connectivity index (χ3n) is 5.86. The van der Waals surface area contributed by atoms with Crippen LogP contribution in [0.15, 0.2) is 65.8 Å². The van der Waals surface area contributed by atoms with Crippen molar-refractivity contribution in [1.29, 1.82) is 0 Å². The van der Waals surface area contributed by atoms with Gasteiger partial charge in [-0.25, -0.2) is 21.2 Å². The van der Waals surface area contributed by atoms with Crippen LogP contribution in [-0.2, 0) is 10.0 Å². The zero-order chi connectivity index (χ0) is 22.2. The van der Waals surface area contributed by atoms with E-state index in [4.69, 9.17) is 0 Å². The topological polar surface area (TPSA) is 51.1 Å². The van der Waals surface area contributed by atoms with Gasteiger partial charge < -0.3 is 5.32 Å². The second-order valence-electron chi connectivity index (χ2n) is 7.70. The molecule has 1 fully saturated rings. The number of benzene rings is 2. The molecule has 31 heavy (non-hydrogen) atoms. The normalized spacial score (nSPS) is 16.6. The first-order valence-corrected chi connectivity index (χ1v) is 12.4. The predicted molar refractivity (Wildman–Crippen MR) is 123 cm³/mol. The Morgan fingerprint density at radius 3 is 2.52 bits per heavy atom. The molecule has 0 amide bonds. The molecule has 1 atom stereocenters. The monoisotopic (exact) mass is 508 g/mol. The summed E-state index contributed by atoms with van der Waals surface area (Å²) in [6.45, 7) is 5.33. The number of piperidine rings is 1. The second kappa shape index (κ2) is 8.84. The SMILES string of the molecule is C=CC(c1cccc(Br)c1)S(=O)(=O)n1cc(C(F)F)c2c(C3CCNCC3)cccc21. The molecule has 3 aromatic rings. The Balaban J connectivity index is 1.92. The van der Waals surface area contributed by atoms with Gasteiger partial charge in [-0.2, -0.15) is 0 Å². The molecule has 0 spiro atoms. The number of hydrogen-bond donors (Lipinski definition) is 1. The molecule has 2 heterocycles. The largest absolute Gasteiger partial charge is 0.317 e. The van der Waals surface area contributed by atoms with Crippen LogP contribution in [0.5, 0.6) is 0 Å². The highest BCUT2D eigenvalue weighted by Crippen LogP contribution is 2.40. The zero-order valence-electron chi connectivity index (χ0n) is 16.8. The minimum Gasteiger partial charge on any atom is -0.317 e. The fourth-order valence-electron chi connectivity index (χ4n) is 4.40. The van der Waals surface area contributed by atoms with E-state index in [1.807, 2.05) is 6.07 Å². The highest BCUT2D eigenvalue weighted by molar-refractivity contribution is 9.10. The van der Waals surface area contributed by atoms with Crippen molar-refractivity contribution < 1.29 is 17.2 Å². The molecule has 1 aromatic heterocycles. The van der Waals surface area contributed by atoms with E-state index in [-0.39, 0.29) is 17.0 Å². The van der Waals surface area contributed by atoms with Crippen molar-refractivity contribution in [3.05, 3.63) is 82.5 Å². The Morgan fingerprint density at radius 1 is 1.16 bits per heavy atom. The molecule has 0 aliphatic carbocycles. The van der Waals surface area contributed by atoms with Gasteiger partial charge in [0.1, 0.15) is 5.25 Å². The molecule has 164 valence electrons. The van der Waals surface area contributed by atoms with Crippen molar-refractivity contribution >= 4 is 36.9 Å². The van der Waals surface area contributed by atoms with Crippen LogP contribution in [0.2, 0.25) is 0 Å². The average Bonchev–Trinajstić information content (AvgIpc) is 3.16. The van der Waals surface area contributed by atoms with E-state index in [9.17, 15) is 17.2 Å². The Labute approximate surface area is 189 Å². The lowest BCUT2D eigenvalue weighted by atomic mass is 9.87. The second-order valence-corrected chi connectivity index (χ2v) is 10.5. The fraction of sp³-hybridized carbons (Fsp3) is 0.304. The third-order valence-corrected chi connectivity index (χ3v) is 8.31.